The number of carbonyl (C=O) groups is 1. The van der Waals surface area contributed by atoms with Crippen LogP contribution in [-0.2, 0) is 0 Å². The van der Waals surface area contributed by atoms with Crippen LogP contribution < -0.4 is 5.32 Å². The highest BCUT2D eigenvalue weighted by molar-refractivity contribution is 5.98. The van der Waals surface area contributed by atoms with Crippen molar-refractivity contribution in [2.24, 2.45) is 11.8 Å². The molecule has 6 nitrogen and oxygen atoms in total. The van der Waals surface area contributed by atoms with Gasteiger partial charge in [-0.25, -0.2) is 4.39 Å². The van der Waals surface area contributed by atoms with Crippen molar-refractivity contribution >= 4 is 11.6 Å². The first-order valence-electron chi connectivity index (χ1n) is 7.00. The summed E-state index contributed by atoms with van der Waals surface area (Å²) in [5.74, 6) is -0.108. The highest BCUT2D eigenvalue weighted by Crippen LogP contribution is 2.29. The molecular formula is C14H16FN3O3. The van der Waals surface area contributed by atoms with E-state index in [0.29, 0.717) is 24.9 Å². The molecule has 1 aromatic carbocycles. The zero-order valence-corrected chi connectivity index (χ0v) is 11.4. The number of nitrogens with zero attached hydrogens (tertiary/aromatic N) is 2. The highest BCUT2D eigenvalue weighted by atomic mass is 19.1. The number of piperidine rings is 1. The Balaban J connectivity index is 1.83. The van der Waals surface area contributed by atoms with Gasteiger partial charge in [-0.1, -0.05) is 0 Å². The molecule has 0 aliphatic carbocycles. The van der Waals surface area contributed by atoms with Gasteiger partial charge in [-0.05, 0) is 43.5 Å². The van der Waals surface area contributed by atoms with Crippen molar-refractivity contribution in [1.29, 1.82) is 0 Å². The Morgan fingerprint density at radius 1 is 1.38 bits per heavy atom. The molecule has 1 amide bonds. The molecule has 2 aliphatic heterocycles. The summed E-state index contributed by atoms with van der Waals surface area (Å²) in [6.45, 7) is 3.05. The lowest BCUT2D eigenvalue weighted by Crippen LogP contribution is -2.43. The Labute approximate surface area is 121 Å². The number of nitro groups is 1. The summed E-state index contributed by atoms with van der Waals surface area (Å²) >= 11 is 0. The van der Waals surface area contributed by atoms with Gasteiger partial charge in [0.05, 0.1) is 11.0 Å². The molecule has 21 heavy (non-hydrogen) atoms. The predicted molar refractivity (Wildman–Crippen MR) is 73.4 cm³/mol. The monoisotopic (exact) mass is 293 g/mol. The molecule has 7 heteroatoms. The highest BCUT2D eigenvalue weighted by Gasteiger charge is 2.36. The van der Waals surface area contributed by atoms with Crippen LogP contribution in [0.25, 0.3) is 0 Å². The summed E-state index contributed by atoms with van der Waals surface area (Å²) in [5, 5.41) is 14.3. The average molecular weight is 293 g/mol. The van der Waals surface area contributed by atoms with Gasteiger partial charge in [0, 0.05) is 13.1 Å². The van der Waals surface area contributed by atoms with Gasteiger partial charge in [-0.2, -0.15) is 0 Å². The van der Waals surface area contributed by atoms with Crippen LogP contribution >= 0.6 is 0 Å². The third-order valence-electron chi connectivity index (χ3n) is 4.38. The Morgan fingerprint density at radius 3 is 2.90 bits per heavy atom. The number of amides is 1. The molecule has 0 bridgehead atoms. The number of nitrogens with one attached hydrogen (secondary N) is 1. The van der Waals surface area contributed by atoms with E-state index < -0.39 is 16.4 Å². The molecule has 2 atom stereocenters. The van der Waals surface area contributed by atoms with E-state index in [-0.39, 0.29) is 11.5 Å². The largest absolute Gasteiger partial charge is 0.338 e. The van der Waals surface area contributed by atoms with Gasteiger partial charge in [-0.15, -0.1) is 0 Å². The van der Waals surface area contributed by atoms with Crippen LogP contribution in [-0.4, -0.2) is 41.9 Å². The third kappa shape index (κ3) is 2.61. The fourth-order valence-corrected chi connectivity index (χ4v) is 3.23. The average Bonchev–Trinajstić information content (AvgIpc) is 2.93. The molecule has 112 valence electrons. The van der Waals surface area contributed by atoms with Crippen molar-refractivity contribution in [3.63, 3.8) is 0 Å². The minimum Gasteiger partial charge on any atom is -0.338 e. The third-order valence-corrected chi connectivity index (χ3v) is 4.38. The fraction of sp³-hybridized carbons (Fsp3) is 0.500. The van der Waals surface area contributed by atoms with E-state index in [1.165, 1.54) is 6.07 Å². The van der Waals surface area contributed by atoms with Crippen LogP contribution in [0.4, 0.5) is 10.1 Å². The van der Waals surface area contributed by atoms with Crippen LogP contribution in [0, 0.1) is 27.8 Å². The first-order chi connectivity index (χ1) is 10.1. The summed E-state index contributed by atoms with van der Waals surface area (Å²) in [6, 6.07) is 3.09. The summed E-state index contributed by atoms with van der Waals surface area (Å²) < 4.78 is 13.2. The Bertz CT molecular complexity index is 593. The molecule has 0 spiro atoms. The number of nitro benzene ring substituents is 1. The van der Waals surface area contributed by atoms with E-state index in [1.54, 1.807) is 4.90 Å². The van der Waals surface area contributed by atoms with Crippen molar-refractivity contribution < 1.29 is 14.1 Å². The van der Waals surface area contributed by atoms with Gasteiger partial charge in [0.15, 0.2) is 0 Å². The molecular weight excluding hydrogens is 277 g/mol. The lowest BCUT2D eigenvalue weighted by molar-refractivity contribution is -0.385. The van der Waals surface area contributed by atoms with Crippen LogP contribution in [0.1, 0.15) is 16.8 Å². The molecule has 2 saturated heterocycles. The molecule has 2 aliphatic rings. The maximum absolute atomic E-state index is 13.2. The van der Waals surface area contributed by atoms with E-state index in [9.17, 15) is 19.3 Å². The second kappa shape index (κ2) is 5.40. The minimum atomic E-state index is -0.711. The van der Waals surface area contributed by atoms with Crippen molar-refractivity contribution in [3.8, 4) is 0 Å². The normalized spacial score (nSPS) is 24.7. The van der Waals surface area contributed by atoms with E-state index in [2.05, 4.69) is 5.32 Å². The maximum atomic E-state index is 13.2. The number of likely N-dealkylation sites (tertiary alicyclic amines) is 1. The number of rotatable bonds is 2. The summed E-state index contributed by atoms with van der Waals surface area (Å²) in [5.41, 5.74) is -0.502. The van der Waals surface area contributed by atoms with Gasteiger partial charge >= 0.3 is 0 Å². The summed E-state index contributed by atoms with van der Waals surface area (Å²) in [6.07, 6.45) is 0.901. The molecule has 3 rings (SSSR count). The van der Waals surface area contributed by atoms with E-state index in [1.807, 2.05) is 0 Å². The lowest BCUT2D eigenvalue weighted by Gasteiger charge is -2.34. The molecule has 1 aromatic rings. The molecule has 0 aromatic heterocycles. The van der Waals surface area contributed by atoms with Crippen molar-refractivity contribution in [3.05, 3.63) is 39.7 Å². The number of halogens is 1. The Kier molecular flexibility index (Phi) is 3.59. The standard InChI is InChI=1S/C14H16FN3O3/c15-11-1-2-12(13(5-11)18(20)21)14(19)17-4-3-9-6-16-7-10(9)8-17/h1-2,5,9-10,16H,3-4,6-8H2. The Morgan fingerprint density at radius 2 is 2.14 bits per heavy atom. The van der Waals surface area contributed by atoms with Crippen molar-refractivity contribution in [2.45, 2.75) is 6.42 Å². The topological polar surface area (TPSA) is 75.5 Å². The SMILES string of the molecule is O=C(c1ccc(F)cc1[N+](=O)[O-])N1CCC2CNCC2C1. The lowest BCUT2D eigenvalue weighted by atomic mass is 9.88. The smallest absolute Gasteiger partial charge is 0.285 e. The first-order valence-corrected chi connectivity index (χ1v) is 7.00. The number of fused-ring (bicyclic) bond motifs is 1. The van der Waals surface area contributed by atoms with Crippen LogP contribution in [0.15, 0.2) is 18.2 Å². The predicted octanol–water partition coefficient (Wildman–Crippen LogP) is 1.42. The minimum absolute atomic E-state index is 0.0363. The Hall–Kier alpha value is -2.02. The maximum Gasteiger partial charge on any atom is 0.285 e. The van der Waals surface area contributed by atoms with Crippen molar-refractivity contribution in [1.82, 2.24) is 10.2 Å². The molecule has 1 N–H and O–H groups in total. The summed E-state index contributed by atoms with van der Waals surface area (Å²) in [7, 11) is 0. The molecule has 2 heterocycles. The summed E-state index contributed by atoms with van der Waals surface area (Å²) in [4.78, 5) is 24.4. The van der Waals surface area contributed by atoms with Crippen LogP contribution in [0.3, 0.4) is 0 Å². The van der Waals surface area contributed by atoms with Gasteiger partial charge in [0.1, 0.15) is 11.4 Å². The van der Waals surface area contributed by atoms with Gasteiger partial charge in [-0.3, -0.25) is 14.9 Å². The second-order valence-corrected chi connectivity index (χ2v) is 5.64. The second-order valence-electron chi connectivity index (χ2n) is 5.64. The van der Waals surface area contributed by atoms with Gasteiger partial charge < -0.3 is 10.2 Å². The van der Waals surface area contributed by atoms with E-state index in [0.717, 1.165) is 31.6 Å². The molecule has 2 unspecified atom stereocenters. The fourth-order valence-electron chi connectivity index (χ4n) is 3.23. The molecule has 2 fully saturated rings. The van der Waals surface area contributed by atoms with Gasteiger partial charge in [0.25, 0.3) is 11.6 Å². The van der Waals surface area contributed by atoms with Crippen molar-refractivity contribution in [2.75, 3.05) is 26.2 Å². The number of carbonyl (C=O) groups excluding carboxylic acids is 1. The van der Waals surface area contributed by atoms with E-state index >= 15 is 0 Å². The van der Waals surface area contributed by atoms with Crippen LogP contribution in [0.5, 0.6) is 0 Å². The zero-order chi connectivity index (χ0) is 15.0. The quantitative estimate of drug-likeness (QED) is 0.661. The first kappa shape index (κ1) is 13.9. The van der Waals surface area contributed by atoms with Crippen LogP contribution in [0.2, 0.25) is 0 Å². The van der Waals surface area contributed by atoms with Gasteiger partial charge in [0.2, 0.25) is 0 Å². The molecule has 0 radical (unpaired) electrons. The number of benzene rings is 1. The van der Waals surface area contributed by atoms with E-state index in [4.69, 9.17) is 0 Å². The number of hydrogen-bond acceptors (Lipinski definition) is 4. The number of hydrogen-bond donors (Lipinski definition) is 1. The zero-order valence-electron chi connectivity index (χ0n) is 11.4. The molecule has 0 saturated carbocycles.